The Morgan fingerprint density at radius 2 is 1.94 bits per heavy atom. The fourth-order valence-corrected chi connectivity index (χ4v) is 1.72. The van der Waals surface area contributed by atoms with Crippen molar-refractivity contribution in [3.63, 3.8) is 0 Å². The van der Waals surface area contributed by atoms with E-state index in [-0.39, 0.29) is 6.03 Å². The van der Waals surface area contributed by atoms with Gasteiger partial charge in [0.1, 0.15) is 0 Å². The number of aliphatic hydroxyl groups is 1. The largest absolute Gasteiger partial charge is 0.393 e. The van der Waals surface area contributed by atoms with Crippen molar-refractivity contribution in [2.75, 3.05) is 11.9 Å². The van der Waals surface area contributed by atoms with Crippen molar-refractivity contribution >= 4 is 34.9 Å². The first-order valence-corrected chi connectivity index (χ1v) is 5.92. The fraction of sp³-hybridized carbons (Fsp3) is 0.364. The zero-order valence-electron chi connectivity index (χ0n) is 9.34. The third-order valence-corrected chi connectivity index (χ3v) is 2.40. The van der Waals surface area contributed by atoms with Crippen molar-refractivity contribution < 1.29 is 9.90 Å². The SMILES string of the molecule is CC(O)CCNC(=O)Nc1cc(Cl)cc(Cl)c1. The van der Waals surface area contributed by atoms with Crippen LogP contribution in [0.1, 0.15) is 13.3 Å². The van der Waals surface area contributed by atoms with E-state index in [0.717, 1.165) is 0 Å². The van der Waals surface area contributed by atoms with Gasteiger partial charge in [-0.1, -0.05) is 23.2 Å². The number of rotatable bonds is 4. The maximum absolute atomic E-state index is 11.4. The molecular weight excluding hydrogens is 263 g/mol. The summed E-state index contributed by atoms with van der Waals surface area (Å²) in [6, 6.07) is 4.42. The van der Waals surface area contributed by atoms with Crippen LogP contribution in [0, 0.1) is 0 Å². The van der Waals surface area contributed by atoms with Gasteiger partial charge < -0.3 is 15.7 Å². The molecule has 0 bridgehead atoms. The van der Waals surface area contributed by atoms with E-state index in [2.05, 4.69) is 10.6 Å². The molecule has 0 fully saturated rings. The number of halogens is 2. The number of benzene rings is 1. The molecule has 0 saturated heterocycles. The van der Waals surface area contributed by atoms with E-state index in [1.54, 1.807) is 25.1 Å². The molecule has 1 aromatic carbocycles. The number of nitrogens with one attached hydrogen (secondary N) is 2. The van der Waals surface area contributed by atoms with Crippen molar-refractivity contribution in [3.05, 3.63) is 28.2 Å². The highest BCUT2D eigenvalue weighted by atomic mass is 35.5. The van der Waals surface area contributed by atoms with Crippen molar-refractivity contribution in [1.29, 1.82) is 0 Å². The van der Waals surface area contributed by atoms with E-state index in [1.165, 1.54) is 0 Å². The van der Waals surface area contributed by atoms with Gasteiger partial charge in [-0.3, -0.25) is 0 Å². The predicted molar refractivity (Wildman–Crippen MR) is 69.8 cm³/mol. The Morgan fingerprint density at radius 1 is 1.35 bits per heavy atom. The molecule has 1 rings (SSSR count). The molecule has 3 N–H and O–H groups in total. The van der Waals surface area contributed by atoms with Crippen LogP contribution in [0.15, 0.2) is 18.2 Å². The lowest BCUT2D eigenvalue weighted by Gasteiger charge is -2.09. The highest BCUT2D eigenvalue weighted by Crippen LogP contribution is 2.22. The second kappa shape index (κ2) is 6.69. The van der Waals surface area contributed by atoms with E-state index in [1.807, 2.05) is 0 Å². The van der Waals surface area contributed by atoms with Gasteiger partial charge in [-0.2, -0.15) is 0 Å². The number of anilines is 1. The van der Waals surface area contributed by atoms with Gasteiger partial charge in [0, 0.05) is 22.3 Å². The van der Waals surface area contributed by atoms with Crippen LogP contribution < -0.4 is 10.6 Å². The van der Waals surface area contributed by atoms with Gasteiger partial charge in [0.2, 0.25) is 0 Å². The van der Waals surface area contributed by atoms with E-state index < -0.39 is 6.10 Å². The molecule has 1 unspecified atom stereocenters. The summed E-state index contributed by atoms with van der Waals surface area (Å²) in [5, 5.41) is 15.1. The monoisotopic (exact) mass is 276 g/mol. The van der Waals surface area contributed by atoms with E-state index in [9.17, 15) is 4.79 Å². The van der Waals surface area contributed by atoms with Crippen molar-refractivity contribution in [3.8, 4) is 0 Å². The number of carbonyl (C=O) groups excluding carboxylic acids is 1. The molecule has 0 aliphatic rings. The minimum Gasteiger partial charge on any atom is -0.393 e. The summed E-state index contributed by atoms with van der Waals surface area (Å²) in [7, 11) is 0. The van der Waals surface area contributed by atoms with Crippen LogP contribution in [0.3, 0.4) is 0 Å². The van der Waals surface area contributed by atoms with Gasteiger partial charge in [0.15, 0.2) is 0 Å². The Balaban J connectivity index is 2.45. The number of aliphatic hydroxyl groups excluding tert-OH is 1. The molecule has 2 amide bonds. The summed E-state index contributed by atoms with van der Waals surface area (Å²) >= 11 is 11.6. The molecule has 4 nitrogen and oxygen atoms in total. The maximum Gasteiger partial charge on any atom is 0.319 e. The van der Waals surface area contributed by atoms with Gasteiger partial charge in [0.05, 0.1) is 6.10 Å². The first kappa shape index (κ1) is 14.1. The lowest BCUT2D eigenvalue weighted by molar-refractivity contribution is 0.184. The highest BCUT2D eigenvalue weighted by molar-refractivity contribution is 6.35. The summed E-state index contributed by atoms with van der Waals surface area (Å²) < 4.78 is 0. The zero-order valence-corrected chi connectivity index (χ0v) is 10.8. The van der Waals surface area contributed by atoms with E-state index >= 15 is 0 Å². The van der Waals surface area contributed by atoms with Crippen molar-refractivity contribution in [2.45, 2.75) is 19.4 Å². The predicted octanol–water partition coefficient (Wildman–Crippen LogP) is 2.89. The minimum atomic E-state index is -0.434. The van der Waals surface area contributed by atoms with Crippen LogP contribution in [0.4, 0.5) is 10.5 Å². The van der Waals surface area contributed by atoms with Crippen LogP contribution in [-0.2, 0) is 0 Å². The molecule has 0 aliphatic heterocycles. The van der Waals surface area contributed by atoms with Crippen LogP contribution in [0.25, 0.3) is 0 Å². The normalized spacial score (nSPS) is 12.0. The number of amides is 2. The number of hydrogen-bond acceptors (Lipinski definition) is 2. The first-order valence-electron chi connectivity index (χ1n) is 5.16. The number of carbonyl (C=O) groups is 1. The molecule has 1 atom stereocenters. The molecule has 6 heteroatoms. The van der Waals surface area contributed by atoms with Gasteiger partial charge in [-0.25, -0.2) is 4.79 Å². The summed E-state index contributed by atoms with van der Waals surface area (Å²) in [5.41, 5.74) is 0.525. The van der Waals surface area contributed by atoms with Crippen LogP contribution in [0.5, 0.6) is 0 Å². The van der Waals surface area contributed by atoms with Gasteiger partial charge in [-0.05, 0) is 31.5 Å². The smallest absolute Gasteiger partial charge is 0.319 e. The number of hydrogen-bond donors (Lipinski definition) is 3. The molecule has 0 saturated carbocycles. The Hall–Kier alpha value is -0.970. The van der Waals surface area contributed by atoms with Gasteiger partial charge in [0.25, 0.3) is 0 Å². The Bertz CT molecular complexity index is 377. The standard InChI is InChI=1S/C11H14Cl2N2O2/c1-7(16)2-3-14-11(17)15-10-5-8(12)4-9(13)6-10/h4-7,16H,2-3H2,1H3,(H2,14,15,17). The van der Waals surface area contributed by atoms with Gasteiger partial charge >= 0.3 is 6.03 Å². The lowest BCUT2D eigenvalue weighted by atomic mass is 10.3. The molecule has 0 spiro atoms. The second-order valence-corrected chi connectivity index (χ2v) is 4.55. The summed E-state index contributed by atoms with van der Waals surface area (Å²) in [4.78, 5) is 11.4. The Kier molecular flexibility index (Phi) is 5.55. The zero-order chi connectivity index (χ0) is 12.8. The molecule has 1 aromatic rings. The summed E-state index contributed by atoms with van der Waals surface area (Å²) in [5.74, 6) is 0. The van der Waals surface area contributed by atoms with E-state index in [0.29, 0.717) is 28.7 Å². The lowest BCUT2D eigenvalue weighted by Crippen LogP contribution is -2.30. The third-order valence-electron chi connectivity index (χ3n) is 1.97. The molecule has 0 radical (unpaired) electrons. The summed E-state index contributed by atoms with van der Waals surface area (Å²) in [6.45, 7) is 2.06. The van der Waals surface area contributed by atoms with E-state index in [4.69, 9.17) is 28.3 Å². The van der Waals surface area contributed by atoms with Crippen molar-refractivity contribution in [2.24, 2.45) is 0 Å². The average Bonchev–Trinajstić information content (AvgIpc) is 2.14. The molecular formula is C11H14Cl2N2O2. The summed E-state index contributed by atoms with van der Waals surface area (Å²) in [6.07, 6.45) is 0.0694. The number of urea groups is 1. The van der Waals surface area contributed by atoms with Crippen LogP contribution in [0.2, 0.25) is 10.0 Å². The van der Waals surface area contributed by atoms with Gasteiger partial charge in [-0.15, -0.1) is 0 Å². The van der Waals surface area contributed by atoms with Crippen LogP contribution in [-0.4, -0.2) is 23.8 Å². The van der Waals surface area contributed by atoms with Crippen molar-refractivity contribution in [1.82, 2.24) is 5.32 Å². The fourth-order valence-electron chi connectivity index (χ4n) is 1.20. The molecule has 0 heterocycles. The minimum absolute atomic E-state index is 0.357. The third kappa shape index (κ3) is 5.77. The second-order valence-electron chi connectivity index (χ2n) is 3.68. The Labute approximate surface area is 110 Å². The average molecular weight is 277 g/mol. The molecule has 94 valence electrons. The topological polar surface area (TPSA) is 61.4 Å². The highest BCUT2D eigenvalue weighted by Gasteiger charge is 2.04. The molecule has 0 aliphatic carbocycles. The molecule has 0 aromatic heterocycles. The molecule has 17 heavy (non-hydrogen) atoms. The quantitative estimate of drug-likeness (QED) is 0.792. The maximum atomic E-state index is 11.4. The first-order chi connectivity index (χ1) is 7.97. The van der Waals surface area contributed by atoms with Crippen LogP contribution >= 0.6 is 23.2 Å². The Morgan fingerprint density at radius 3 is 2.47 bits per heavy atom.